The predicted molar refractivity (Wildman–Crippen MR) is 75.0 cm³/mol. The van der Waals surface area contributed by atoms with Crippen LogP contribution in [0.1, 0.15) is 21.5 Å². The quantitative estimate of drug-likeness (QED) is 0.800. The average molecular weight is 276 g/mol. The fraction of sp³-hybridized carbons (Fsp3) is 0.200. The molecule has 3 nitrogen and oxygen atoms in total. The topological polar surface area (TPSA) is 39.2 Å². The molecule has 0 unspecified atom stereocenters. The molecular formula is C15H14ClNO2. The van der Waals surface area contributed by atoms with E-state index in [1.54, 1.807) is 6.07 Å². The van der Waals surface area contributed by atoms with E-state index in [1.165, 1.54) is 12.4 Å². The Hall–Kier alpha value is -1.87. The van der Waals surface area contributed by atoms with Crippen molar-refractivity contribution in [1.29, 1.82) is 0 Å². The van der Waals surface area contributed by atoms with E-state index in [1.807, 2.05) is 32.0 Å². The Balaban J connectivity index is 2.03. The fourth-order valence-electron chi connectivity index (χ4n) is 1.62. The van der Waals surface area contributed by atoms with Crippen molar-refractivity contribution in [2.24, 2.45) is 0 Å². The molecule has 0 spiro atoms. The first-order valence-corrected chi connectivity index (χ1v) is 6.28. The summed E-state index contributed by atoms with van der Waals surface area (Å²) in [6.07, 6.45) is 3.04. The maximum absolute atomic E-state index is 12.0. The van der Waals surface area contributed by atoms with Gasteiger partial charge in [0.2, 0.25) is 0 Å². The first kappa shape index (κ1) is 13.6. The summed E-state index contributed by atoms with van der Waals surface area (Å²) in [5.74, 6) is 0.424. The lowest BCUT2D eigenvalue weighted by molar-refractivity contribution is 0.0921. The Morgan fingerprint density at radius 3 is 2.68 bits per heavy atom. The van der Waals surface area contributed by atoms with Crippen LogP contribution in [0.5, 0.6) is 5.75 Å². The highest BCUT2D eigenvalue weighted by molar-refractivity contribution is 6.30. The van der Waals surface area contributed by atoms with Gasteiger partial charge in [-0.1, -0.05) is 23.7 Å². The summed E-state index contributed by atoms with van der Waals surface area (Å²) in [7, 11) is 0. The Kier molecular flexibility index (Phi) is 4.17. The van der Waals surface area contributed by atoms with E-state index in [-0.39, 0.29) is 12.4 Å². The number of hydrogen-bond acceptors (Lipinski definition) is 3. The molecule has 4 heteroatoms. The lowest BCUT2D eigenvalue weighted by atomic mass is 10.0. The number of aromatic nitrogens is 1. The van der Waals surface area contributed by atoms with E-state index in [0.717, 1.165) is 11.1 Å². The van der Waals surface area contributed by atoms with Gasteiger partial charge in [0.25, 0.3) is 0 Å². The standard InChI is InChI=1S/C15H14ClNO2/c1-10-3-4-12(5-11(10)2)15(18)9-19-14-6-13(16)7-17-8-14/h3-8H,9H2,1-2H3. The number of ether oxygens (including phenoxy) is 1. The van der Waals surface area contributed by atoms with Crippen molar-refractivity contribution in [3.63, 3.8) is 0 Å². The number of halogens is 1. The van der Waals surface area contributed by atoms with E-state index in [2.05, 4.69) is 4.98 Å². The monoisotopic (exact) mass is 275 g/mol. The number of nitrogens with zero attached hydrogens (tertiary/aromatic N) is 1. The molecule has 0 aliphatic rings. The van der Waals surface area contributed by atoms with Crippen molar-refractivity contribution in [2.45, 2.75) is 13.8 Å². The molecule has 19 heavy (non-hydrogen) atoms. The Labute approximate surface area is 117 Å². The average Bonchev–Trinajstić information content (AvgIpc) is 2.39. The maximum atomic E-state index is 12.0. The summed E-state index contributed by atoms with van der Waals surface area (Å²) in [6.45, 7) is 3.97. The van der Waals surface area contributed by atoms with Crippen molar-refractivity contribution in [3.8, 4) is 5.75 Å². The van der Waals surface area contributed by atoms with Gasteiger partial charge in [-0.3, -0.25) is 9.78 Å². The second-order valence-corrected chi connectivity index (χ2v) is 4.79. The van der Waals surface area contributed by atoms with Gasteiger partial charge in [0, 0.05) is 17.8 Å². The molecule has 0 saturated heterocycles. The maximum Gasteiger partial charge on any atom is 0.200 e. The van der Waals surface area contributed by atoms with Gasteiger partial charge in [-0.25, -0.2) is 0 Å². The van der Waals surface area contributed by atoms with E-state index in [0.29, 0.717) is 16.3 Å². The summed E-state index contributed by atoms with van der Waals surface area (Å²) in [5, 5.41) is 0.483. The van der Waals surface area contributed by atoms with Crippen LogP contribution in [0.2, 0.25) is 5.02 Å². The first-order valence-electron chi connectivity index (χ1n) is 5.90. The van der Waals surface area contributed by atoms with Crippen LogP contribution in [0.4, 0.5) is 0 Å². The number of ketones is 1. The normalized spacial score (nSPS) is 10.3. The number of carbonyl (C=O) groups is 1. The zero-order valence-corrected chi connectivity index (χ0v) is 11.6. The second-order valence-electron chi connectivity index (χ2n) is 4.35. The van der Waals surface area contributed by atoms with Crippen molar-refractivity contribution < 1.29 is 9.53 Å². The Morgan fingerprint density at radius 1 is 1.21 bits per heavy atom. The number of benzene rings is 1. The third-order valence-electron chi connectivity index (χ3n) is 2.88. The third-order valence-corrected chi connectivity index (χ3v) is 3.09. The van der Waals surface area contributed by atoms with E-state index in [9.17, 15) is 4.79 Å². The number of aryl methyl sites for hydroxylation is 2. The van der Waals surface area contributed by atoms with Gasteiger partial charge in [0.05, 0.1) is 11.2 Å². The van der Waals surface area contributed by atoms with Crippen molar-refractivity contribution in [1.82, 2.24) is 4.98 Å². The van der Waals surface area contributed by atoms with Crippen LogP contribution >= 0.6 is 11.6 Å². The van der Waals surface area contributed by atoms with Crippen LogP contribution < -0.4 is 4.74 Å². The summed E-state index contributed by atoms with van der Waals surface area (Å²) in [6, 6.07) is 7.24. The minimum atomic E-state index is -0.0666. The van der Waals surface area contributed by atoms with E-state index >= 15 is 0 Å². The van der Waals surface area contributed by atoms with Crippen LogP contribution in [0.15, 0.2) is 36.7 Å². The van der Waals surface area contributed by atoms with Gasteiger partial charge >= 0.3 is 0 Å². The SMILES string of the molecule is Cc1ccc(C(=O)COc2cncc(Cl)c2)cc1C. The number of rotatable bonds is 4. The minimum Gasteiger partial charge on any atom is -0.484 e. The number of Topliss-reactive ketones (excluding diaryl/α,β-unsaturated/α-hetero) is 1. The molecule has 1 heterocycles. The zero-order chi connectivity index (χ0) is 13.8. The second kappa shape index (κ2) is 5.85. The van der Waals surface area contributed by atoms with Gasteiger partial charge in [-0.2, -0.15) is 0 Å². The molecular weight excluding hydrogens is 262 g/mol. The molecule has 0 radical (unpaired) electrons. The predicted octanol–water partition coefficient (Wildman–Crippen LogP) is 3.61. The number of pyridine rings is 1. The molecule has 1 aromatic heterocycles. The molecule has 0 bridgehead atoms. The molecule has 0 fully saturated rings. The van der Waals surface area contributed by atoms with Crippen LogP contribution in [-0.4, -0.2) is 17.4 Å². The molecule has 0 saturated carbocycles. The molecule has 1 aromatic carbocycles. The van der Waals surface area contributed by atoms with Crippen molar-refractivity contribution >= 4 is 17.4 Å². The third kappa shape index (κ3) is 3.55. The molecule has 2 rings (SSSR count). The van der Waals surface area contributed by atoms with Crippen molar-refractivity contribution in [3.05, 3.63) is 58.4 Å². The molecule has 0 N–H and O–H groups in total. The first-order chi connectivity index (χ1) is 9.06. The lowest BCUT2D eigenvalue weighted by Gasteiger charge is -2.07. The smallest absolute Gasteiger partial charge is 0.200 e. The Bertz CT molecular complexity index is 611. The van der Waals surface area contributed by atoms with Gasteiger partial charge in [0.1, 0.15) is 5.75 Å². The number of carbonyl (C=O) groups excluding carboxylic acids is 1. The summed E-state index contributed by atoms with van der Waals surface area (Å²) < 4.78 is 5.38. The van der Waals surface area contributed by atoms with Gasteiger partial charge in [0.15, 0.2) is 12.4 Å². The highest BCUT2D eigenvalue weighted by Gasteiger charge is 2.08. The van der Waals surface area contributed by atoms with Crippen LogP contribution in [0, 0.1) is 13.8 Å². The number of hydrogen-bond donors (Lipinski definition) is 0. The summed E-state index contributed by atoms with van der Waals surface area (Å²) in [4.78, 5) is 15.9. The molecule has 0 amide bonds. The Morgan fingerprint density at radius 2 is 2.00 bits per heavy atom. The molecule has 0 atom stereocenters. The summed E-state index contributed by atoms with van der Waals surface area (Å²) in [5.41, 5.74) is 2.91. The molecule has 98 valence electrons. The van der Waals surface area contributed by atoms with E-state index < -0.39 is 0 Å². The van der Waals surface area contributed by atoms with Crippen LogP contribution in [-0.2, 0) is 0 Å². The molecule has 0 aliphatic heterocycles. The molecule has 2 aromatic rings. The van der Waals surface area contributed by atoms with E-state index in [4.69, 9.17) is 16.3 Å². The zero-order valence-electron chi connectivity index (χ0n) is 10.8. The minimum absolute atomic E-state index is 0.0233. The fourth-order valence-corrected chi connectivity index (χ4v) is 1.78. The van der Waals surface area contributed by atoms with Crippen molar-refractivity contribution in [2.75, 3.05) is 6.61 Å². The molecule has 0 aliphatic carbocycles. The highest BCUT2D eigenvalue weighted by Crippen LogP contribution is 2.16. The summed E-state index contributed by atoms with van der Waals surface area (Å²) >= 11 is 5.79. The lowest BCUT2D eigenvalue weighted by Crippen LogP contribution is -2.12. The van der Waals surface area contributed by atoms with Gasteiger partial charge in [-0.05, 0) is 31.0 Å². The van der Waals surface area contributed by atoms with Crippen LogP contribution in [0.3, 0.4) is 0 Å². The van der Waals surface area contributed by atoms with Crippen LogP contribution in [0.25, 0.3) is 0 Å². The van der Waals surface area contributed by atoms with Gasteiger partial charge < -0.3 is 4.74 Å². The highest BCUT2D eigenvalue weighted by atomic mass is 35.5. The van der Waals surface area contributed by atoms with Gasteiger partial charge in [-0.15, -0.1) is 0 Å². The largest absolute Gasteiger partial charge is 0.484 e.